The third-order valence-corrected chi connectivity index (χ3v) is 8.74. The molecule has 2 saturated heterocycles. The SMILES string of the molecule is C=CCC1(C(=O)N2CCN(C(=O)NCC)CC2)CC(=O)N(Cc2ccc(Br)cc2)C1c1c[nH]c2cc(Cl)ccc12. The zero-order valence-corrected chi connectivity index (χ0v) is 24.8. The first-order valence-electron chi connectivity index (χ1n) is 13.5. The maximum Gasteiger partial charge on any atom is 0.317 e. The number of amides is 4. The van der Waals surface area contributed by atoms with Crippen molar-refractivity contribution in [3.8, 4) is 0 Å². The van der Waals surface area contributed by atoms with Crippen molar-refractivity contribution in [1.82, 2.24) is 25.0 Å². The molecule has 40 heavy (non-hydrogen) atoms. The van der Waals surface area contributed by atoms with E-state index in [1.54, 1.807) is 11.0 Å². The number of halogens is 2. The first-order chi connectivity index (χ1) is 19.3. The maximum absolute atomic E-state index is 14.5. The molecule has 8 nitrogen and oxygen atoms in total. The van der Waals surface area contributed by atoms with Crippen LogP contribution in [-0.2, 0) is 16.1 Å². The summed E-state index contributed by atoms with van der Waals surface area (Å²) in [5.41, 5.74) is 1.66. The molecule has 0 aliphatic carbocycles. The molecule has 4 amide bonds. The Labute approximate surface area is 247 Å². The smallest absolute Gasteiger partial charge is 0.317 e. The van der Waals surface area contributed by atoms with Gasteiger partial charge in [0.25, 0.3) is 0 Å². The predicted octanol–water partition coefficient (Wildman–Crippen LogP) is 5.49. The summed E-state index contributed by atoms with van der Waals surface area (Å²) >= 11 is 9.76. The van der Waals surface area contributed by atoms with E-state index in [-0.39, 0.29) is 24.3 Å². The minimum atomic E-state index is -1.04. The van der Waals surface area contributed by atoms with Crippen molar-refractivity contribution in [2.45, 2.75) is 32.4 Å². The van der Waals surface area contributed by atoms with Crippen molar-refractivity contribution in [2.75, 3.05) is 32.7 Å². The fraction of sp³-hybridized carbons (Fsp3) is 0.367. The molecule has 2 aliphatic heterocycles. The average Bonchev–Trinajstić information content (AvgIpc) is 3.47. The van der Waals surface area contributed by atoms with Gasteiger partial charge in [-0.3, -0.25) is 9.59 Å². The Morgan fingerprint density at radius 2 is 1.85 bits per heavy atom. The summed E-state index contributed by atoms with van der Waals surface area (Å²) in [6.07, 6.45) is 4.07. The normalized spacial score (nSPS) is 21.2. The highest BCUT2D eigenvalue weighted by Crippen LogP contribution is 2.53. The summed E-state index contributed by atoms with van der Waals surface area (Å²) < 4.78 is 0.956. The molecule has 0 spiro atoms. The molecule has 2 unspecified atom stereocenters. The number of allylic oxidation sites excluding steroid dienone is 1. The highest BCUT2D eigenvalue weighted by Gasteiger charge is 2.58. The Bertz CT molecular complexity index is 1430. The molecule has 3 aromatic rings. The second-order valence-corrected chi connectivity index (χ2v) is 11.8. The number of nitrogens with one attached hydrogen (secondary N) is 2. The van der Waals surface area contributed by atoms with Crippen LogP contribution in [0.2, 0.25) is 5.02 Å². The van der Waals surface area contributed by atoms with Gasteiger partial charge >= 0.3 is 6.03 Å². The van der Waals surface area contributed by atoms with Crippen LogP contribution in [0.4, 0.5) is 4.79 Å². The molecule has 2 fully saturated rings. The van der Waals surface area contributed by atoms with E-state index in [9.17, 15) is 14.4 Å². The summed E-state index contributed by atoms with van der Waals surface area (Å²) in [6, 6.07) is 12.9. The number of aromatic amines is 1. The van der Waals surface area contributed by atoms with Crippen LogP contribution in [0, 0.1) is 5.41 Å². The number of rotatable bonds is 7. The molecule has 2 atom stereocenters. The fourth-order valence-electron chi connectivity index (χ4n) is 6.10. The van der Waals surface area contributed by atoms with Crippen LogP contribution < -0.4 is 5.32 Å². The van der Waals surface area contributed by atoms with Crippen LogP contribution in [0.5, 0.6) is 0 Å². The molecule has 1 aromatic heterocycles. The lowest BCUT2D eigenvalue weighted by Crippen LogP contribution is -2.56. The third kappa shape index (κ3) is 5.24. The van der Waals surface area contributed by atoms with Crippen LogP contribution in [0.3, 0.4) is 0 Å². The average molecular weight is 627 g/mol. The number of fused-ring (bicyclic) bond motifs is 1. The molecule has 0 saturated carbocycles. The van der Waals surface area contributed by atoms with Crippen molar-refractivity contribution in [3.05, 3.63) is 81.9 Å². The minimum Gasteiger partial charge on any atom is -0.361 e. The molecular formula is C30H33BrClN5O3. The van der Waals surface area contributed by atoms with Crippen LogP contribution in [0.1, 0.15) is 36.9 Å². The molecule has 210 valence electrons. The highest BCUT2D eigenvalue weighted by atomic mass is 79.9. The Morgan fingerprint density at radius 3 is 2.52 bits per heavy atom. The first-order valence-corrected chi connectivity index (χ1v) is 14.7. The van der Waals surface area contributed by atoms with E-state index in [2.05, 4.69) is 32.8 Å². The number of piperazine rings is 1. The second-order valence-electron chi connectivity index (χ2n) is 10.4. The van der Waals surface area contributed by atoms with E-state index in [0.29, 0.717) is 50.7 Å². The van der Waals surface area contributed by atoms with E-state index >= 15 is 0 Å². The summed E-state index contributed by atoms with van der Waals surface area (Å²) in [5.74, 6) is -0.157. The van der Waals surface area contributed by atoms with Crippen molar-refractivity contribution >= 4 is 56.3 Å². The minimum absolute atomic E-state index is 0.0765. The monoisotopic (exact) mass is 625 g/mol. The van der Waals surface area contributed by atoms with E-state index in [0.717, 1.165) is 26.5 Å². The van der Waals surface area contributed by atoms with Gasteiger partial charge in [0.15, 0.2) is 0 Å². The highest BCUT2D eigenvalue weighted by molar-refractivity contribution is 9.10. The van der Waals surface area contributed by atoms with Crippen molar-refractivity contribution in [1.29, 1.82) is 0 Å². The van der Waals surface area contributed by atoms with Crippen molar-refractivity contribution in [2.24, 2.45) is 5.41 Å². The number of aromatic nitrogens is 1. The largest absolute Gasteiger partial charge is 0.361 e. The molecule has 2 aliphatic rings. The quantitative estimate of drug-likeness (QED) is 0.340. The summed E-state index contributed by atoms with van der Waals surface area (Å²) in [7, 11) is 0. The number of hydrogen-bond acceptors (Lipinski definition) is 3. The van der Waals surface area contributed by atoms with Gasteiger partial charge in [-0.1, -0.05) is 51.8 Å². The Morgan fingerprint density at radius 1 is 1.15 bits per heavy atom. The van der Waals surface area contributed by atoms with E-state index in [4.69, 9.17) is 11.6 Å². The lowest BCUT2D eigenvalue weighted by molar-refractivity contribution is -0.145. The predicted molar refractivity (Wildman–Crippen MR) is 160 cm³/mol. The number of carbonyl (C=O) groups excluding carboxylic acids is 3. The summed E-state index contributed by atoms with van der Waals surface area (Å²) in [6.45, 7) is 8.49. The standard InChI is InChI=1S/C30H33BrClN5O3/c1-3-11-30(28(39)35-12-14-36(15-13-35)29(40)33-4-2)17-26(38)37(19-20-5-7-21(31)8-6-20)27(30)24-18-34-25-16-22(32)9-10-23(24)25/h3,5-10,16,18,27,34H,1,4,11-15,17,19H2,2H3,(H,33,40). The number of H-pyrrole nitrogens is 1. The van der Waals surface area contributed by atoms with E-state index in [1.807, 2.05) is 65.4 Å². The topological polar surface area (TPSA) is 88.8 Å². The molecule has 10 heteroatoms. The van der Waals surface area contributed by atoms with Crippen LogP contribution in [0.15, 0.2) is 65.8 Å². The molecule has 2 N–H and O–H groups in total. The van der Waals surface area contributed by atoms with Gasteiger partial charge in [-0.15, -0.1) is 6.58 Å². The van der Waals surface area contributed by atoms with E-state index in [1.165, 1.54) is 0 Å². The van der Waals surface area contributed by atoms with Gasteiger partial charge in [0.2, 0.25) is 11.8 Å². The lowest BCUT2D eigenvalue weighted by Gasteiger charge is -2.42. The molecule has 5 rings (SSSR count). The number of nitrogens with zero attached hydrogens (tertiary/aromatic N) is 3. The zero-order valence-electron chi connectivity index (χ0n) is 22.5. The Hall–Kier alpha value is -3.30. The Balaban J connectivity index is 1.55. The number of likely N-dealkylation sites (tertiary alicyclic amines) is 1. The van der Waals surface area contributed by atoms with Crippen LogP contribution in [-0.4, -0.2) is 70.3 Å². The van der Waals surface area contributed by atoms with Gasteiger partial charge in [-0.05, 0) is 43.2 Å². The molecular weight excluding hydrogens is 594 g/mol. The zero-order chi connectivity index (χ0) is 28.4. The van der Waals surface area contributed by atoms with E-state index < -0.39 is 11.5 Å². The van der Waals surface area contributed by atoms with Gasteiger partial charge in [-0.2, -0.15) is 0 Å². The molecule has 0 radical (unpaired) electrons. The molecule has 2 aromatic carbocycles. The lowest BCUT2D eigenvalue weighted by atomic mass is 9.73. The van der Waals surface area contributed by atoms with Crippen LogP contribution >= 0.6 is 27.5 Å². The van der Waals surface area contributed by atoms with Gasteiger partial charge in [0, 0.05) is 77.8 Å². The van der Waals surface area contributed by atoms with Crippen molar-refractivity contribution < 1.29 is 14.4 Å². The summed E-state index contributed by atoms with van der Waals surface area (Å²) in [4.78, 5) is 49.5. The van der Waals surface area contributed by atoms with Crippen molar-refractivity contribution in [3.63, 3.8) is 0 Å². The first kappa shape index (κ1) is 28.2. The number of urea groups is 1. The van der Waals surface area contributed by atoms with Gasteiger partial charge in [0.05, 0.1) is 11.5 Å². The maximum atomic E-state index is 14.5. The number of hydrogen-bond donors (Lipinski definition) is 2. The summed E-state index contributed by atoms with van der Waals surface area (Å²) in [5, 5.41) is 4.36. The number of benzene rings is 2. The molecule has 3 heterocycles. The second kappa shape index (κ2) is 11.7. The third-order valence-electron chi connectivity index (χ3n) is 7.98. The van der Waals surface area contributed by atoms with Crippen LogP contribution in [0.25, 0.3) is 10.9 Å². The van der Waals surface area contributed by atoms with Gasteiger partial charge < -0.3 is 25.0 Å². The number of carbonyl (C=O) groups is 3. The molecule has 0 bridgehead atoms. The van der Waals surface area contributed by atoms with Gasteiger partial charge in [-0.25, -0.2) is 4.79 Å². The van der Waals surface area contributed by atoms with Gasteiger partial charge in [0.1, 0.15) is 0 Å². The Kier molecular flexibility index (Phi) is 8.24. The fourth-order valence-corrected chi connectivity index (χ4v) is 6.54.